The lowest BCUT2D eigenvalue weighted by Crippen LogP contribution is -1.89. The third-order valence-electron chi connectivity index (χ3n) is 2.09. The molecular formula is C11H13N3OS. The zero-order valence-corrected chi connectivity index (χ0v) is 9.83. The first-order chi connectivity index (χ1) is 7.81. The molecule has 16 heavy (non-hydrogen) atoms. The van der Waals surface area contributed by atoms with Gasteiger partial charge in [0.05, 0.1) is 11.3 Å². The first-order valence-corrected chi connectivity index (χ1v) is 6.22. The van der Waals surface area contributed by atoms with Crippen molar-refractivity contribution in [3.05, 3.63) is 30.1 Å². The molecule has 0 saturated carbocycles. The number of anilines is 1. The van der Waals surface area contributed by atoms with Crippen molar-refractivity contribution in [3.8, 4) is 11.5 Å². The largest absolute Gasteiger partial charge is 0.398 e. The van der Waals surface area contributed by atoms with Crippen molar-refractivity contribution in [3.63, 3.8) is 0 Å². The molecule has 0 aliphatic carbocycles. The van der Waals surface area contributed by atoms with Gasteiger partial charge in [-0.2, -0.15) is 16.7 Å². The van der Waals surface area contributed by atoms with Crippen LogP contribution in [0.4, 0.5) is 5.69 Å². The molecule has 2 N–H and O–H groups in total. The molecule has 1 aromatic carbocycles. The van der Waals surface area contributed by atoms with E-state index >= 15 is 0 Å². The minimum atomic E-state index is 0.491. The maximum Gasteiger partial charge on any atom is 0.260 e. The molecule has 0 radical (unpaired) electrons. The molecule has 4 nitrogen and oxygen atoms in total. The summed E-state index contributed by atoms with van der Waals surface area (Å²) in [7, 11) is 0. The van der Waals surface area contributed by atoms with Gasteiger partial charge in [-0.3, -0.25) is 0 Å². The van der Waals surface area contributed by atoms with Gasteiger partial charge in [-0.25, -0.2) is 0 Å². The summed E-state index contributed by atoms with van der Waals surface area (Å²) in [5.74, 6) is 3.01. The van der Waals surface area contributed by atoms with Gasteiger partial charge in [-0.05, 0) is 17.9 Å². The van der Waals surface area contributed by atoms with E-state index in [9.17, 15) is 0 Å². The van der Waals surface area contributed by atoms with Crippen molar-refractivity contribution in [1.82, 2.24) is 10.1 Å². The van der Waals surface area contributed by atoms with Gasteiger partial charge < -0.3 is 10.3 Å². The lowest BCUT2D eigenvalue weighted by Gasteiger charge is -1.97. The second kappa shape index (κ2) is 5.03. The maximum atomic E-state index is 5.83. The Kier molecular flexibility index (Phi) is 3.46. The fraction of sp³-hybridized carbons (Fsp3) is 0.273. The van der Waals surface area contributed by atoms with Gasteiger partial charge in [0.25, 0.3) is 5.89 Å². The average Bonchev–Trinajstić information content (AvgIpc) is 2.75. The molecule has 0 amide bonds. The van der Waals surface area contributed by atoms with Gasteiger partial charge in [0.2, 0.25) is 0 Å². The van der Waals surface area contributed by atoms with Crippen LogP contribution in [0.25, 0.3) is 11.5 Å². The summed E-state index contributed by atoms with van der Waals surface area (Å²) < 4.78 is 5.17. The first kappa shape index (κ1) is 11.0. The van der Waals surface area contributed by atoms with Crippen molar-refractivity contribution in [2.75, 3.05) is 11.5 Å². The Hall–Kier alpha value is -1.49. The number of nitrogens with zero attached hydrogens (tertiary/aromatic N) is 2. The normalized spacial score (nSPS) is 10.6. The van der Waals surface area contributed by atoms with Gasteiger partial charge >= 0.3 is 0 Å². The highest BCUT2D eigenvalue weighted by molar-refractivity contribution is 7.98. The predicted molar refractivity (Wildman–Crippen MR) is 66.0 cm³/mol. The Morgan fingerprint density at radius 1 is 1.38 bits per heavy atom. The van der Waals surface area contributed by atoms with Gasteiger partial charge in [-0.1, -0.05) is 24.2 Å². The Bertz CT molecular complexity index is 470. The number of hydrogen-bond donors (Lipinski definition) is 1. The Balaban J connectivity index is 2.22. The fourth-order valence-electron chi connectivity index (χ4n) is 1.31. The van der Waals surface area contributed by atoms with Gasteiger partial charge in [0.15, 0.2) is 5.82 Å². The molecule has 1 aromatic heterocycles. The summed E-state index contributed by atoms with van der Waals surface area (Å²) in [6, 6.07) is 7.47. The van der Waals surface area contributed by atoms with Crippen LogP contribution in [0.2, 0.25) is 0 Å². The summed E-state index contributed by atoms with van der Waals surface area (Å²) in [5, 5.41) is 3.91. The van der Waals surface area contributed by atoms with Crippen molar-refractivity contribution in [2.45, 2.75) is 12.7 Å². The number of para-hydroxylation sites is 1. The molecule has 0 saturated heterocycles. The Morgan fingerprint density at radius 2 is 2.19 bits per heavy atom. The van der Waals surface area contributed by atoms with Crippen molar-refractivity contribution in [1.29, 1.82) is 0 Å². The van der Waals surface area contributed by atoms with E-state index in [0.717, 1.165) is 17.1 Å². The summed E-state index contributed by atoms with van der Waals surface area (Å²) in [6.07, 6.45) is 0. The Labute approximate surface area is 98.2 Å². The lowest BCUT2D eigenvalue weighted by atomic mass is 10.2. The third-order valence-corrected chi connectivity index (χ3v) is 2.97. The second-order valence-electron chi connectivity index (χ2n) is 3.24. The summed E-state index contributed by atoms with van der Waals surface area (Å²) >= 11 is 1.76. The van der Waals surface area contributed by atoms with E-state index in [2.05, 4.69) is 17.1 Å². The first-order valence-electron chi connectivity index (χ1n) is 5.06. The number of rotatable bonds is 4. The molecule has 0 unspecified atom stereocenters. The Morgan fingerprint density at radius 3 is 2.94 bits per heavy atom. The van der Waals surface area contributed by atoms with E-state index in [1.54, 1.807) is 11.8 Å². The lowest BCUT2D eigenvalue weighted by molar-refractivity contribution is 0.425. The number of aromatic nitrogens is 2. The highest BCUT2D eigenvalue weighted by Gasteiger charge is 2.10. The smallest absolute Gasteiger partial charge is 0.260 e. The summed E-state index contributed by atoms with van der Waals surface area (Å²) in [5.41, 5.74) is 7.28. The van der Waals surface area contributed by atoms with E-state index in [1.165, 1.54) is 0 Å². The molecule has 1 heterocycles. The van der Waals surface area contributed by atoms with Crippen molar-refractivity contribution in [2.24, 2.45) is 0 Å². The van der Waals surface area contributed by atoms with Crippen LogP contribution in [0.15, 0.2) is 28.8 Å². The standard InChI is InChI=1S/C11H13N3OS/c1-2-16-7-10-13-11(15-14-10)8-5-3-4-6-9(8)12/h3-6H,2,7,12H2,1H3. The number of nitrogens with two attached hydrogens (primary N) is 1. The van der Waals surface area contributed by atoms with Crippen LogP contribution in [0.3, 0.4) is 0 Å². The van der Waals surface area contributed by atoms with Gasteiger partial charge in [0.1, 0.15) is 0 Å². The van der Waals surface area contributed by atoms with Crippen LogP contribution in [0.1, 0.15) is 12.7 Å². The number of thioether (sulfide) groups is 1. The monoisotopic (exact) mass is 235 g/mol. The summed E-state index contributed by atoms with van der Waals surface area (Å²) in [4.78, 5) is 4.30. The molecule has 5 heteroatoms. The van der Waals surface area contributed by atoms with E-state index in [-0.39, 0.29) is 0 Å². The number of nitrogen functional groups attached to an aromatic ring is 1. The SMILES string of the molecule is CCSCc1noc(-c2ccccc2N)n1. The van der Waals surface area contributed by atoms with Crippen LogP contribution in [0, 0.1) is 0 Å². The third kappa shape index (κ3) is 2.36. The minimum absolute atomic E-state index is 0.491. The molecule has 0 atom stereocenters. The predicted octanol–water partition coefficient (Wildman–Crippen LogP) is 2.57. The van der Waals surface area contributed by atoms with Crippen LogP contribution < -0.4 is 5.73 Å². The second-order valence-corrected chi connectivity index (χ2v) is 4.51. The van der Waals surface area contributed by atoms with E-state index in [0.29, 0.717) is 17.4 Å². The molecule has 0 fully saturated rings. The van der Waals surface area contributed by atoms with Crippen LogP contribution in [-0.4, -0.2) is 15.9 Å². The van der Waals surface area contributed by atoms with Gasteiger partial charge in [0, 0.05) is 5.69 Å². The molecule has 2 rings (SSSR count). The number of hydrogen-bond acceptors (Lipinski definition) is 5. The van der Waals surface area contributed by atoms with Crippen molar-refractivity contribution >= 4 is 17.4 Å². The quantitative estimate of drug-likeness (QED) is 0.825. The fourth-order valence-corrected chi connectivity index (χ4v) is 1.81. The molecule has 2 aromatic rings. The molecule has 0 aliphatic heterocycles. The topological polar surface area (TPSA) is 64.9 Å². The van der Waals surface area contributed by atoms with E-state index < -0.39 is 0 Å². The maximum absolute atomic E-state index is 5.83. The molecule has 84 valence electrons. The molecule has 0 aliphatic rings. The summed E-state index contributed by atoms with van der Waals surface area (Å²) in [6.45, 7) is 2.10. The van der Waals surface area contributed by atoms with E-state index in [4.69, 9.17) is 10.3 Å². The van der Waals surface area contributed by atoms with Crippen LogP contribution in [0.5, 0.6) is 0 Å². The highest BCUT2D eigenvalue weighted by Crippen LogP contribution is 2.24. The van der Waals surface area contributed by atoms with Crippen LogP contribution in [-0.2, 0) is 5.75 Å². The number of benzene rings is 1. The minimum Gasteiger partial charge on any atom is -0.398 e. The van der Waals surface area contributed by atoms with E-state index in [1.807, 2.05) is 24.3 Å². The zero-order chi connectivity index (χ0) is 11.4. The van der Waals surface area contributed by atoms with Crippen molar-refractivity contribution < 1.29 is 4.52 Å². The zero-order valence-electron chi connectivity index (χ0n) is 9.01. The highest BCUT2D eigenvalue weighted by atomic mass is 32.2. The van der Waals surface area contributed by atoms with Gasteiger partial charge in [-0.15, -0.1) is 0 Å². The van der Waals surface area contributed by atoms with Crippen LogP contribution >= 0.6 is 11.8 Å². The molecule has 0 spiro atoms. The average molecular weight is 235 g/mol. The molecule has 0 bridgehead atoms. The molecular weight excluding hydrogens is 222 g/mol.